The molecule has 0 atom stereocenters. The van der Waals surface area contributed by atoms with Crippen LogP contribution < -0.4 is 10.6 Å². The number of aryl methyl sites for hydroxylation is 1. The second kappa shape index (κ2) is 3.75. The standard InChI is InChI=1S/C10H13N3O/c1-7-2-9(6-11-3-7)13-10(14)8-4-12-5-8/h2-3,6,8,12H,4-5H2,1H3,(H,13,14). The van der Waals surface area contributed by atoms with Crippen LogP contribution in [0.15, 0.2) is 18.5 Å². The van der Waals surface area contributed by atoms with Crippen molar-refractivity contribution < 1.29 is 4.79 Å². The van der Waals surface area contributed by atoms with Gasteiger partial charge in [0, 0.05) is 19.3 Å². The maximum Gasteiger partial charge on any atom is 0.230 e. The van der Waals surface area contributed by atoms with Crippen molar-refractivity contribution in [1.29, 1.82) is 0 Å². The highest BCUT2D eigenvalue weighted by Gasteiger charge is 2.24. The van der Waals surface area contributed by atoms with Crippen molar-refractivity contribution in [2.75, 3.05) is 18.4 Å². The molecule has 14 heavy (non-hydrogen) atoms. The van der Waals surface area contributed by atoms with Gasteiger partial charge in [0.05, 0.1) is 17.8 Å². The molecule has 1 saturated heterocycles. The lowest BCUT2D eigenvalue weighted by molar-refractivity contribution is -0.121. The summed E-state index contributed by atoms with van der Waals surface area (Å²) in [6.45, 7) is 3.52. The van der Waals surface area contributed by atoms with Crippen molar-refractivity contribution in [2.24, 2.45) is 5.92 Å². The molecule has 0 aromatic carbocycles. The molecule has 4 nitrogen and oxygen atoms in total. The van der Waals surface area contributed by atoms with E-state index in [1.165, 1.54) is 0 Å². The molecule has 0 aliphatic carbocycles. The van der Waals surface area contributed by atoms with E-state index >= 15 is 0 Å². The molecule has 2 rings (SSSR count). The average Bonchev–Trinajstić information content (AvgIpc) is 1.99. The summed E-state index contributed by atoms with van der Waals surface area (Å²) in [5, 5.41) is 5.91. The molecule has 0 bridgehead atoms. The zero-order valence-corrected chi connectivity index (χ0v) is 8.08. The van der Waals surface area contributed by atoms with Crippen LogP contribution in [0.4, 0.5) is 5.69 Å². The van der Waals surface area contributed by atoms with Crippen LogP contribution in [0, 0.1) is 12.8 Å². The third kappa shape index (κ3) is 1.90. The van der Waals surface area contributed by atoms with Crippen molar-refractivity contribution in [1.82, 2.24) is 10.3 Å². The van der Waals surface area contributed by atoms with Crippen molar-refractivity contribution in [2.45, 2.75) is 6.92 Å². The lowest BCUT2D eigenvalue weighted by atomic mass is 10.0. The Morgan fingerprint density at radius 3 is 2.93 bits per heavy atom. The number of hydrogen-bond acceptors (Lipinski definition) is 3. The number of carbonyl (C=O) groups excluding carboxylic acids is 1. The third-order valence-corrected chi connectivity index (χ3v) is 2.29. The van der Waals surface area contributed by atoms with E-state index < -0.39 is 0 Å². The van der Waals surface area contributed by atoms with E-state index in [9.17, 15) is 4.79 Å². The number of rotatable bonds is 2. The number of hydrogen-bond donors (Lipinski definition) is 2. The molecule has 1 aromatic rings. The van der Waals surface area contributed by atoms with Gasteiger partial charge < -0.3 is 10.6 Å². The van der Waals surface area contributed by atoms with Crippen molar-refractivity contribution in [3.05, 3.63) is 24.0 Å². The zero-order valence-electron chi connectivity index (χ0n) is 8.08. The molecule has 0 saturated carbocycles. The molecule has 0 spiro atoms. The first-order valence-electron chi connectivity index (χ1n) is 4.69. The highest BCUT2D eigenvalue weighted by Crippen LogP contribution is 2.11. The van der Waals surface area contributed by atoms with Gasteiger partial charge in [0.15, 0.2) is 0 Å². The first-order chi connectivity index (χ1) is 6.75. The zero-order chi connectivity index (χ0) is 9.97. The summed E-state index contributed by atoms with van der Waals surface area (Å²) in [6.07, 6.45) is 3.43. The third-order valence-electron chi connectivity index (χ3n) is 2.29. The average molecular weight is 191 g/mol. The minimum Gasteiger partial charge on any atom is -0.324 e. The van der Waals surface area contributed by atoms with Crippen LogP contribution in [0.1, 0.15) is 5.56 Å². The van der Waals surface area contributed by atoms with E-state index in [4.69, 9.17) is 0 Å². The largest absolute Gasteiger partial charge is 0.324 e. The van der Waals surface area contributed by atoms with E-state index in [-0.39, 0.29) is 11.8 Å². The van der Waals surface area contributed by atoms with Gasteiger partial charge in [0.1, 0.15) is 0 Å². The first kappa shape index (κ1) is 9.15. The molecule has 1 aliphatic rings. The second-order valence-corrected chi connectivity index (χ2v) is 3.60. The fraction of sp³-hybridized carbons (Fsp3) is 0.400. The maximum atomic E-state index is 11.5. The molecular formula is C10H13N3O. The number of nitrogens with zero attached hydrogens (tertiary/aromatic N) is 1. The Balaban J connectivity index is 1.99. The summed E-state index contributed by atoms with van der Waals surface area (Å²) < 4.78 is 0. The van der Waals surface area contributed by atoms with Crippen molar-refractivity contribution in [3.8, 4) is 0 Å². The minimum absolute atomic E-state index is 0.0798. The van der Waals surface area contributed by atoms with Gasteiger partial charge in [-0.25, -0.2) is 0 Å². The Hall–Kier alpha value is -1.42. The van der Waals surface area contributed by atoms with Gasteiger partial charge in [-0.15, -0.1) is 0 Å². The number of nitrogens with one attached hydrogen (secondary N) is 2. The Kier molecular flexibility index (Phi) is 2.45. The van der Waals surface area contributed by atoms with Crippen LogP contribution in [0.5, 0.6) is 0 Å². The van der Waals surface area contributed by atoms with Gasteiger partial charge in [-0.1, -0.05) is 0 Å². The molecule has 0 radical (unpaired) electrons. The fourth-order valence-electron chi connectivity index (χ4n) is 1.34. The number of pyridine rings is 1. The van der Waals surface area contributed by atoms with E-state index in [0.717, 1.165) is 24.3 Å². The fourth-order valence-corrected chi connectivity index (χ4v) is 1.34. The lowest BCUT2D eigenvalue weighted by Crippen LogP contribution is -2.48. The molecule has 1 aromatic heterocycles. The van der Waals surface area contributed by atoms with Gasteiger partial charge in [0.2, 0.25) is 5.91 Å². The van der Waals surface area contributed by atoms with Gasteiger partial charge >= 0.3 is 0 Å². The molecule has 74 valence electrons. The van der Waals surface area contributed by atoms with Gasteiger partial charge in [0.25, 0.3) is 0 Å². The van der Waals surface area contributed by atoms with Crippen molar-refractivity contribution >= 4 is 11.6 Å². The summed E-state index contributed by atoms with van der Waals surface area (Å²) in [5.41, 5.74) is 1.83. The Morgan fingerprint density at radius 1 is 1.57 bits per heavy atom. The second-order valence-electron chi connectivity index (χ2n) is 3.60. The summed E-state index contributed by atoms with van der Waals surface area (Å²) in [7, 11) is 0. The molecular weight excluding hydrogens is 178 g/mol. The quantitative estimate of drug-likeness (QED) is 0.717. The topological polar surface area (TPSA) is 54.0 Å². The normalized spacial score (nSPS) is 16.1. The minimum atomic E-state index is 0.0798. The molecule has 2 heterocycles. The van der Waals surface area contributed by atoms with Crippen LogP contribution in [0.2, 0.25) is 0 Å². The summed E-state index contributed by atoms with van der Waals surface area (Å²) >= 11 is 0. The lowest BCUT2D eigenvalue weighted by Gasteiger charge is -2.25. The summed E-state index contributed by atoms with van der Waals surface area (Å²) in [6, 6.07) is 1.91. The highest BCUT2D eigenvalue weighted by atomic mass is 16.2. The molecule has 1 amide bonds. The summed E-state index contributed by atoms with van der Waals surface area (Å²) in [4.78, 5) is 15.5. The SMILES string of the molecule is Cc1cncc(NC(=O)C2CNC2)c1. The molecule has 2 N–H and O–H groups in total. The van der Waals surface area contributed by atoms with E-state index in [1.54, 1.807) is 12.4 Å². The predicted molar refractivity (Wildman–Crippen MR) is 54.0 cm³/mol. The Labute approximate surface area is 82.7 Å². The number of anilines is 1. The van der Waals surface area contributed by atoms with Gasteiger partial charge in [-0.3, -0.25) is 9.78 Å². The van der Waals surface area contributed by atoms with Crippen LogP contribution in [0.25, 0.3) is 0 Å². The van der Waals surface area contributed by atoms with Crippen LogP contribution in [-0.4, -0.2) is 24.0 Å². The predicted octanol–water partition coefficient (Wildman–Crippen LogP) is 0.548. The molecule has 1 fully saturated rings. The van der Waals surface area contributed by atoms with E-state index in [2.05, 4.69) is 15.6 Å². The van der Waals surface area contributed by atoms with Crippen LogP contribution in [0.3, 0.4) is 0 Å². The monoisotopic (exact) mass is 191 g/mol. The molecule has 4 heteroatoms. The van der Waals surface area contributed by atoms with Crippen molar-refractivity contribution in [3.63, 3.8) is 0 Å². The molecule has 1 aliphatic heterocycles. The Morgan fingerprint density at radius 2 is 2.36 bits per heavy atom. The maximum absolute atomic E-state index is 11.5. The highest BCUT2D eigenvalue weighted by molar-refractivity contribution is 5.93. The van der Waals surface area contributed by atoms with E-state index in [1.807, 2.05) is 13.0 Å². The number of carbonyl (C=O) groups is 1. The van der Waals surface area contributed by atoms with E-state index in [0.29, 0.717) is 0 Å². The first-order valence-corrected chi connectivity index (χ1v) is 4.69. The Bertz CT molecular complexity index is 347. The number of amides is 1. The van der Waals surface area contributed by atoms with Gasteiger partial charge in [-0.05, 0) is 18.6 Å². The summed E-state index contributed by atoms with van der Waals surface area (Å²) in [5.74, 6) is 0.201. The smallest absolute Gasteiger partial charge is 0.230 e. The number of aromatic nitrogens is 1. The van der Waals surface area contributed by atoms with Crippen LogP contribution in [-0.2, 0) is 4.79 Å². The molecule has 0 unspecified atom stereocenters. The van der Waals surface area contributed by atoms with Crippen LogP contribution >= 0.6 is 0 Å². The van der Waals surface area contributed by atoms with Gasteiger partial charge in [-0.2, -0.15) is 0 Å².